The highest BCUT2D eigenvalue weighted by molar-refractivity contribution is 8.00. The number of fused-ring (bicyclic) bond motifs is 1. The van der Waals surface area contributed by atoms with Crippen LogP contribution in [0.15, 0.2) is 88.8 Å². The summed E-state index contributed by atoms with van der Waals surface area (Å²) in [5.41, 5.74) is -1.12. The summed E-state index contributed by atoms with van der Waals surface area (Å²) in [4.78, 5) is 30.2. The Morgan fingerprint density at radius 3 is 2.36 bits per heavy atom. The third kappa shape index (κ3) is 7.54. The second kappa shape index (κ2) is 12.4. The maximum absolute atomic E-state index is 12.8. The highest BCUT2D eigenvalue weighted by atomic mass is 32.2. The van der Waals surface area contributed by atoms with Gasteiger partial charge in [0, 0.05) is 49.9 Å². The normalized spacial score (nSPS) is 11.9. The minimum atomic E-state index is -4.41. The first-order valence-corrected chi connectivity index (χ1v) is 16.1. The number of carbonyl (C=O) groups is 1. The van der Waals surface area contributed by atoms with Crippen molar-refractivity contribution in [2.75, 3.05) is 35.5 Å². The largest absolute Gasteiger partial charge is 0.446 e. The number of thioether (sulfide) groups is 1. The molecule has 1 amide bonds. The summed E-state index contributed by atoms with van der Waals surface area (Å²) in [6.07, 6.45) is 2.66. The van der Waals surface area contributed by atoms with Gasteiger partial charge in [-0.15, -0.1) is 0 Å². The quantitative estimate of drug-likeness (QED) is 0.188. The first-order chi connectivity index (χ1) is 21.2. The van der Waals surface area contributed by atoms with Gasteiger partial charge in [-0.1, -0.05) is 12.1 Å². The number of aromatic nitrogens is 4. The van der Waals surface area contributed by atoms with Crippen molar-refractivity contribution in [2.45, 2.75) is 21.7 Å². The number of carbonyl (C=O) groups excluding carboxylic acids is 1. The molecule has 0 aliphatic carbocycles. The van der Waals surface area contributed by atoms with Gasteiger partial charge in [-0.3, -0.25) is 10.1 Å². The fourth-order valence-electron chi connectivity index (χ4n) is 4.57. The molecule has 0 atom stereocenters. The van der Waals surface area contributed by atoms with Crippen LogP contribution in [0.25, 0.3) is 11.0 Å². The number of anilines is 5. The number of aryl methyl sites for hydroxylation is 1. The summed E-state index contributed by atoms with van der Waals surface area (Å²) >= 11 is -0.225. The van der Waals surface area contributed by atoms with E-state index in [-0.39, 0.29) is 28.0 Å². The van der Waals surface area contributed by atoms with E-state index < -0.39 is 21.3 Å². The molecule has 10 nitrogen and oxygen atoms in total. The van der Waals surface area contributed by atoms with Crippen LogP contribution >= 0.6 is 11.8 Å². The second-order valence-corrected chi connectivity index (χ2v) is 13.3. The number of hydrogen-bond acceptors (Lipinski definition) is 9. The van der Waals surface area contributed by atoms with Gasteiger partial charge in [0.15, 0.2) is 9.84 Å². The molecule has 0 radical (unpaired) electrons. The Morgan fingerprint density at radius 1 is 0.956 bits per heavy atom. The van der Waals surface area contributed by atoms with Gasteiger partial charge in [-0.2, -0.15) is 18.2 Å². The van der Waals surface area contributed by atoms with Crippen molar-refractivity contribution in [3.8, 4) is 0 Å². The summed E-state index contributed by atoms with van der Waals surface area (Å²) in [5, 5.41) is 2.75. The zero-order valence-corrected chi connectivity index (χ0v) is 26.2. The van der Waals surface area contributed by atoms with E-state index in [0.29, 0.717) is 34.5 Å². The molecule has 2 aromatic heterocycles. The van der Waals surface area contributed by atoms with Crippen LogP contribution < -0.4 is 15.1 Å². The standard InChI is InChI=1S/C30H28F3N7O3S2/c1-38(26-14-15-34-28(36-26)39(2)20-8-11-23(12-9-20)45(4,42)43)21-10-13-25-24(18-21)35-29(40(25)3)37-27(41)17-19-6-5-7-22(16-19)44-30(31,32)33/h5-16,18H,17H2,1-4H3,(H,35,37,41). The summed E-state index contributed by atoms with van der Waals surface area (Å²) < 4.78 is 63.6. The first-order valence-electron chi connectivity index (χ1n) is 13.4. The molecule has 0 aliphatic heterocycles. The van der Waals surface area contributed by atoms with Crippen LogP contribution in [0.2, 0.25) is 0 Å². The van der Waals surface area contributed by atoms with Crippen molar-refractivity contribution in [1.82, 2.24) is 19.5 Å². The Kier molecular flexibility index (Phi) is 8.76. The van der Waals surface area contributed by atoms with Crippen LogP contribution in [-0.2, 0) is 28.1 Å². The average Bonchev–Trinajstić information content (AvgIpc) is 3.29. The second-order valence-electron chi connectivity index (χ2n) is 10.2. The van der Waals surface area contributed by atoms with Gasteiger partial charge >= 0.3 is 5.51 Å². The monoisotopic (exact) mass is 655 g/mol. The molecule has 0 aliphatic rings. The van der Waals surface area contributed by atoms with E-state index in [1.54, 1.807) is 54.0 Å². The molecule has 0 saturated carbocycles. The van der Waals surface area contributed by atoms with Crippen molar-refractivity contribution in [1.29, 1.82) is 0 Å². The molecule has 5 rings (SSSR count). The molecule has 15 heteroatoms. The van der Waals surface area contributed by atoms with Crippen molar-refractivity contribution in [3.63, 3.8) is 0 Å². The van der Waals surface area contributed by atoms with Crippen LogP contribution in [0.3, 0.4) is 0 Å². The Balaban J connectivity index is 1.31. The Hall–Kier alpha value is -4.63. The van der Waals surface area contributed by atoms with E-state index in [1.165, 1.54) is 30.3 Å². The fourth-order valence-corrected chi connectivity index (χ4v) is 5.82. The molecule has 0 unspecified atom stereocenters. The topological polar surface area (TPSA) is 113 Å². The first kappa shape index (κ1) is 31.8. The molecular formula is C30H28F3N7O3S2. The van der Waals surface area contributed by atoms with Crippen LogP contribution in [-0.4, -0.2) is 59.7 Å². The van der Waals surface area contributed by atoms with Crippen molar-refractivity contribution >= 4 is 67.6 Å². The lowest BCUT2D eigenvalue weighted by Gasteiger charge is -2.22. The molecule has 0 bridgehead atoms. The zero-order chi connectivity index (χ0) is 32.5. The maximum Gasteiger partial charge on any atom is 0.446 e. The minimum absolute atomic E-state index is 0.0119. The number of rotatable bonds is 9. The summed E-state index contributed by atoms with van der Waals surface area (Å²) in [5.74, 6) is 0.874. The Bertz CT molecular complexity index is 1980. The average molecular weight is 656 g/mol. The lowest BCUT2D eigenvalue weighted by Crippen LogP contribution is -2.17. The zero-order valence-electron chi connectivity index (χ0n) is 24.6. The van der Waals surface area contributed by atoms with Gasteiger partial charge in [-0.05, 0) is 78.0 Å². The van der Waals surface area contributed by atoms with E-state index in [1.807, 2.05) is 30.1 Å². The number of sulfone groups is 1. The van der Waals surface area contributed by atoms with Gasteiger partial charge in [0.25, 0.3) is 0 Å². The molecule has 5 aromatic rings. The fraction of sp³-hybridized carbons (Fsp3) is 0.200. The molecule has 0 saturated heterocycles. The Labute approximate surface area is 261 Å². The minimum Gasteiger partial charge on any atom is -0.329 e. The van der Waals surface area contributed by atoms with Crippen molar-refractivity contribution in [3.05, 3.63) is 84.6 Å². The Morgan fingerprint density at radius 2 is 1.67 bits per heavy atom. The summed E-state index contributed by atoms with van der Waals surface area (Å²) in [7, 11) is 2.06. The van der Waals surface area contributed by atoms with Crippen LogP contribution in [0, 0.1) is 0 Å². The number of imidazole rings is 1. The molecule has 45 heavy (non-hydrogen) atoms. The van der Waals surface area contributed by atoms with Gasteiger partial charge < -0.3 is 14.4 Å². The third-order valence-corrected chi connectivity index (χ3v) is 8.77. The summed E-state index contributed by atoms with van der Waals surface area (Å²) in [6.45, 7) is 0. The van der Waals surface area contributed by atoms with E-state index in [2.05, 4.69) is 20.3 Å². The van der Waals surface area contributed by atoms with Crippen LogP contribution in [0.5, 0.6) is 0 Å². The lowest BCUT2D eigenvalue weighted by molar-refractivity contribution is -0.115. The number of amides is 1. The molecular weight excluding hydrogens is 628 g/mol. The van der Waals surface area contributed by atoms with Gasteiger partial charge in [0.05, 0.1) is 22.3 Å². The molecule has 3 aromatic carbocycles. The van der Waals surface area contributed by atoms with Gasteiger partial charge in [-0.25, -0.2) is 18.4 Å². The molecule has 2 heterocycles. The molecule has 0 fully saturated rings. The number of halogens is 3. The smallest absolute Gasteiger partial charge is 0.329 e. The highest BCUT2D eigenvalue weighted by Crippen LogP contribution is 2.37. The van der Waals surface area contributed by atoms with E-state index in [4.69, 9.17) is 0 Å². The number of nitrogens with zero attached hydrogens (tertiary/aromatic N) is 6. The third-order valence-electron chi connectivity index (χ3n) is 6.92. The number of hydrogen-bond donors (Lipinski definition) is 1. The predicted octanol–water partition coefficient (Wildman–Crippen LogP) is 6.10. The predicted molar refractivity (Wildman–Crippen MR) is 169 cm³/mol. The van der Waals surface area contributed by atoms with Gasteiger partial charge in [0.1, 0.15) is 5.82 Å². The van der Waals surface area contributed by atoms with Gasteiger partial charge in [0.2, 0.25) is 17.8 Å². The van der Waals surface area contributed by atoms with Crippen molar-refractivity contribution < 1.29 is 26.4 Å². The maximum atomic E-state index is 12.8. The van der Waals surface area contributed by atoms with Crippen molar-refractivity contribution in [2.24, 2.45) is 7.05 Å². The molecule has 0 spiro atoms. The number of alkyl halides is 3. The molecule has 234 valence electrons. The van der Waals surface area contributed by atoms with Crippen LogP contribution in [0.4, 0.5) is 42.3 Å². The SMILES string of the molecule is CN(c1ccc2c(c1)nc(NC(=O)Cc1cccc(SC(F)(F)F)c1)n2C)c1ccnc(N(C)c2ccc(S(C)(=O)=O)cc2)n1. The number of nitrogens with one attached hydrogen (secondary N) is 1. The van der Waals surface area contributed by atoms with E-state index in [0.717, 1.165) is 17.5 Å². The number of benzene rings is 3. The van der Waals surface area contributed by atoms with E-state index >= 15 is 0 Å². The lowest BCUT2D eigenvalue weighted by atomic mass is 10.1. The van der Waals surface area contributed by atoms with E-state index in [9.17, 15) is 26.4 Å². The highest BCUT2D eigenvalue weighted by Gasteiger charge is 2.29. The van der Waals surface area contributed by atoms with Crippen LogP contribution in [0.1, 0.15) is 5.56 Å². The summed E-state index contributed by atoms with van der Waals surface area (Å²) in [6, 6.07) is 19.6. The molecule has 1 N–H and O–H groups in total.